The summed E-state index contributed by atoms with van der Waals surface area (Å²) in [5.74, 6) is 0.219. The van der Waals surface area contributed by atoms with E-state index in [1.807, 2.05) is 25.1 Å². The number of barbiturate groups is 1. The molecule has 0 radical (unpaired) electrons. The molecule has 0 aromatic heterocycles. The minimum atomic E-state index is -0.864. The molecule has 0 atom stereocenters. The molecule has 10 heteroatoms. The van der Waals surface area contributed by atoms with Gasteiger partial charge in [-0.05, 0) is 55.3 Å². The van der Waals surface area contributed by atoms with E-state index < -0.39 is 17.8 Å². The summed E-state index contributed by atoms with van der Waals surface area (Å²) in [4.78, 5) is 39.8. The maximum atomic E-state index is 13.5. The first-order chi connectivity index (χ1) is 19.4. The quantitative estimate of drug-likeness (QED) is 0.211. The Labute approximate surface area is 235 Å². The number of hydrogen-bond acceptors (Lipinski definition) is 7. The highest BCUT2D eigenvalue weighted by atomic mass is 35.5. The van der Waals surface area contributed by atoms with Gasteiger partial charge in [-0.15, -0.1) is 6.58 Å². The number of amides is 4. The molecule has 1 saturated heterocycles. The van der Waals surface area contributed by atoms with Crippen molar-refractivity contribution in [1.82, 2.24) is 5.32 Å². The van der Waals surface area contributed by atoms with E-state index in [2.05, 4.69) is 11.9 Å². The van der Waals surface area contributed by atoms with Crippen LogP contribution in [0.25, 0.3) is 6.08 Å². The van der Waals surface area contributed by atoms with Gasteiger partial charge in [-0.2, -0.15) is 0 Å². The van der Waals surface area contributed by atoms with Crippen molar-refractivity contribution in [3.05, 3.63) is 94.5 Å². The average Bonchev–Trinajstić information content (AvgIpc) is 3.40. The van der Waals surface area contributed by atoms with Gasteiger partial charge in [0.25, 0.3) is 11.8 Å². The van der Waals surface area contributed by atoms with Crippen LogP contribution in [-0.2, 0) is 22.6 Å². The molecular weight excluding hydrogens is 536 g/mol. The van der Waals surface area contributed by atoms with Crippen molar-refractivity contribution in [1.29, 1.82) is 0 Å². The largest absolute Gasteiger partial charge is 0.490 e. The second-order valence-corrected chi connectivity index (χ2v) is 9.22. The fourth-order valence-electron chi connectivity index (χ4n) is 4.35. The van der Waals surface area contributed by atoms with E-state index in [1.165, 1.54) is 12.1 Å². The van der Waals surface area contributed by atoms with Crippen molar-refractivity contribution in [2.45, 2.75) is 20.0 Å². The molecule has 3 aromatic carbocycles. The number of allylic oxidation sites excluding steroid dienone is 1. The molecule has 0 saturated carbocycles. The van der Waals surface area contributed by atoms with Gasteiger partial charge in [-0.1, -0.05) is 35.9 Å². The first-order valence-corrected chi connectivity index (χ1v) is 12.8. The molecule has 9 nitrogen and oxygen atoms in total. The number of anilines is 1. The minimum Gasteiger partial charge on any atom is -0.490 e. The number of carbonyl (C=O) groups excluding carboxylic acids is 3. The topological polar surface area (TPSA) is 103 Å². The van der Waals surface area contributed by atoms with Crippen LogP contribution in [0.15, 0.2) is 72.8 Å². The number of nitrogens with one attached hydrogen (secondary N) is 1. The molecule has 2 aliphatic heterocycles. The standard InChI is InChI=1S/C30H25ClN2O7/c1-3-7-19-12-18(14-26(37-4-2)27(19)38-16-20-8-5-6-9-23(20)31)13-22-28(34)32-30(36)33(29(22)35)21-10-11-24-25(15-21)40-17-39-24/h3,5-6,8-15H,1,4,7,16-17H2,2H3,(H,32,34,36)/b22-13+. The molecule has 40 heavy (non-hydrogen) atoms. The van der Waals surface area contributed by atoms with Gasteiger partial charge >= 0.3 is 6.03 Å². The fourth-order valence-corrected chi connectivity index (χ4v) is 4.54. The van der Waals surface area contributed by atoms with Crippen LogP contribution in [0.2, 0.25) is 5.02 Å². The van der Waals surface area contributed by atoms with Gasteiger partial charge in [0.05, 0.1) is 12.3 Å². The predicted molar refractivity (Wildman–Crippen MR) is 149 cm³/mol. The van der Waals surface area contributed by atoms with Crippen LogP contribution in [0.5, 0.6) is 23.0 Å². The number of imide groups is 2. The first kappa shape index (κ1) is 26.8. The average molecular weight is 561 g/mol. The Kier molecular flexibility index (Phi) is 7.75. The number of urea groups is 1. The highest BCUT2D eigenvalue weighted by Gasteiger charge is 2.37. The Morgan fingerprint density at radius 3 is 2.60 bits per heavy atom. The zero-order valence-electron chi connectivity index (χ0n) is 21.6. The summed E-state index contributed by atoms with van der Waals surface area (Å²) in [5.41, 5.74) is 2.04. The number of fused-ring (bicyclic) bond motifs is 1. The fraction of sp³-hybridized carbons (Fsp3) is 0.167. The molecule has 2 heterocycles. The van der Waals surface area contributed by atoms with Gasteiger partial charge in [-0.3, -0.25) is 14.9 Å². The van der Waals surface area contributed by atoms with Gasteiger partial charge in [-0.25, -0.2) is 9.69 Å². The van der Waals surface area contributed by atoms with Crippen LogP contribution >= 0.6 is 11.6 Å². The summed E-state index contributed by atoms with van der Waals surface area (Å²) < 4.78 is 22.7. The van der Waals surface area contributed by atoms with E-state index >= 15 is 0 Å². The number of carbonyl (C=O) groups is 3. The summed E-state index contributed by atoms with van der Waals surface area (Å²) in [6, 6.07) is 14.6. The molecule has 3 aromatic rings. The number of hydrogen-bond donors (Lipinski definition) is 1. The Bertz CT molecular complexity index is 1550. The molecule has 204 valence electrons. The lowest BCUT2D eigenvalue weighted by Crippen LogP contribution is -2.54. The summed E-state index contributed by atoms with van der Waals surface area (Å²) in [6.07, 6.45) is 3.55. The third kappa shape index (κ3) is 5.37. The molecule has 4 amide bonds. The van der Waals surface area contributed by atoms with Gasteiger partial charge in [0.2, 0.25) is 6.79 Å². The van der Waals surface area contributed by atoms with Crippen molar-refractivity contribution in [3.63, 3.8) is 0 Å². The van der Waals surface area contributed by atoms with E-state index in [0.29, 0.717) is 46.6 Å². The maximum absolute atomic E-state index is 13.5. The summed E-state index contributed by atoms with van der Waals surface area (Å²) in [6.45, 7) is 6.27. The molecule has 5 rings (SSSR count). The van der Waals surface area contributed by atoms with Crippen molar-refractivity contribution >= 4 is 41.2 Å². The van der Waals surface area contributed by atoms with Crippen LogP contribution in [0.4, 0.5) is 10.5 Å². The number of nitrogens with zero attached hydrogens (tertiary/aromatic N) is 1. The zero-order valence-corrected chi connectivity index (χ0v) is 22.3. The van der Waals surface area contributed by atoms with Crippen LogP contribution in [0.3, 0.4) is 0 Å². The van der Waals surface area contributed by atoms with Crippen LogP contribution in [0, 0.1) is 0 Å². The Balaban J connectivity index is 1.50. The van der Waals surface area contributed by atoms with Gasteiger partial charge in [0.15, 0.2) is 23.0 Å². The Morgan fingerprint density at radius 2 is 1.82 bits per heavy atom. The molecule has 0 unspecified atom stereocenters. The lowest BCUT2D eigenvalue weighted by atomic mass is 10.0. The van der Waals surface area contributed by atoms with Gasteiger partial charge in [0.1, 0.15) is 12.2 Å². The summed E-state index contributed by atoms with van der Waals surface area (Å²) in [7, 11) is 0. The lowest BCUT2D eigenvalue weighted by Gasteiger charge is -2.26. The SMILES string of the molecule is C=CCc1cc(/C=C2\C(=O)NC(=O)N(c3ccc4c(c3)OCO4)C2=O)cc(OCC)c1OCc1ccccc1Cl. The van der Waals surface area contributed by atoms with Crippen molar-refractivity contribution in [2.24, 2.45) is 0 Å². The second-order valence-electron chi connectivity index (χ2n) is 8.81. The van der Waals surface area contributed by atoms with Crippen LogP contribution < -0.4 is 29.2 Å². The second kappa shape index (κ2) is 11.5. The smallest absolute Gasteiger partial charge is 0.335 e. The number of ether oxygens (including phenoxy) is 4. The number of halogens is 1. The van der Waals surface area contributed by atoms with Gasteiger partial charge < -0.3 is 18.9 Å². The zero-order chi connectivity index (χ0) is 28.2. The summed E-state index contributed by atoms with van der Waals surface area (Å²) >= 11 is 6.30. The molecular formula is C30H25ClN2O7. The third-order valence-electron chi connectivity index (χ3n) is 6.18. The molecule has 2 aliphatic rings. The van der Waals surface area contributed by atoms with E-state index in [1.54, 1.807) is 36.4 Å². The van der Waals surface area contributed by atoms with Crippen LogP contribution in [-0.4, -0.2) is 31.2 Å². The Morgan fingerprint density at radius 1 is 1.02 bits per heavy atom. The highest BCUT2D eigenvalue weighted by molar-refractivity contribution is 6.39. The highest BCUT2D eigenvalue weighted by Crippen LogP contribution is 2.38. The third-order valence-corrected chi connectivity index (χ3v) is 6.54. The number of rotatable bonds is 9. The molecule has 1 fully saturated rings. The first-order valence-electron chi connectivity index (χ1n) is 12.5. The maximum Gasteiger partial charge on any atom is 0.335 e. The van der Waals surface area contributed by atoms with Crippen molar-refractivity contribution < 1.29 is 33.3 Å². The molecule has 0 spiro atoms. The van der Waals surface area contributed by atoms with E-state index in [9.17, 15) is 14.4 Å². The van der Waals surface area contributed by atoms with E-state index in [4.69, 9.17) is 30.5 Å². The van der Waals surface area contributed by atoms with Gasteiger partial charge in [0, 0.05) is 22.2 Å². The molecule has 0 aliphatic carbocycles. The van der Waals surface area contributed by atoms with Crippen LogP contribution in [0.1, 0.15) is 23.6 Å². The lowest BCUT2D eigenvalue weighted by molar-refractivity contribution is -0.122. The molecule has 0 bridgehead atoms. The van der Waals surface area contributed by atoms with Crippen molar-refractivity contribution in [3.8, 4) is 23.0 Å². The summed E-state index contributed by atoms with van der Waals surface area (Å²) in [5, 5.41) is 2.81. The normalized spacial score (nSPS) is 15.3. The predicted octanol–water partition coefficient (Wildman–Crippen LogP) is 5.44. The molecule has 1 N–H and O–H groups in total. The number of benzene rings is 3. The monoisotopic (exact) mass is 560 g/mol. The van der Waals surface area contributed by atoms with Crippen molar-refractivity contribution in [2.75, 3.05) is 18.3 Å². The van der Waals surface area contributed by atoms with E-state index in [0.717, 1.165) is 16.0 Å². The van der Waals surface area contributed by atoms with E-state index in [-0.39, 0.29) is 24.7 Å². The minimum absolute atomic E-state index is 0.0376. The Hall–Kier alpha value is -4.76.